The third-order valence-corrected chi connectivity index (χ3v) is 9.07. The van der Waals surface area contributed by atoms with Gasteiger partial charge in [-0.05, 0) is 102 Å². The maximum absolute atomic E-state index is 14.0. The van der Waals surface area contributed by atoms with E-state index in [1.807, 2.05) is 45.0 Å². The van der Waals surface area contributed by atoms with E-state index in [-0.39, 0.29) is 28.7 Å². The van der Waals surface area contributed by atoms with Crippen LogP contribution in [0.2, 0.25) is 5.02 Å². The largest absolute Gasteiger partial charge is 0.494 e. The predicted octanol–water partition coefficient (Wildman–Crippen LogP) is 8.87. The Bertz CT molecular complexity index is 2080. The second kappa shape index (κ2) is 15.0. The van der Waals surface area contributed by atoms with Crippen LogP contribution in [0.25, 0.3) is 22.3 Å². The molecule has 5 rings (SSSR count). The summed E-state index contributed by atoms with van der Waals surface area (Å²) in [6.07, 6.45) is 1.53. The number of carbonyl (C=O) groups is 1. The molecule has 1 aromatic heterocycles. The Kier molecular flexibility index (Phi) is 10.9. The second-order valence-corrected chi connectivity index (χ2v) is 12.4. The Balaban J connectivity index is 1.60. The summed E-state index contributed by atoms with van der Waals surface area (Å²) in [5.74, 6) is 1.03. The van der Waals surface area contributed by atoms with Gasteiger partial charge in [0.1, 0.15) is 17.4 Å². The van der Waals surface area contributed by atoms with Crippen molar-refractivity contribution < 1.29 is 24.1 Å². The van der Waals surface area contributed by atoms with E-state index in [9.17, 15) is 14.7 Å². The first kappa shape index (κ1) is 34.7. The summed E-state index contributed by atoms with van der Waals surface area (Å²) in [4.78, 5) is 30.1. The summed E-state index contributed by atoms with van der Waals surface area (Å²) in [6.45, 7) is 10.9. The van der Waals surface area contributed by atoms with Gasteiger partial charge < -0.3 is 19.3 Å². The highest BCUT2D eigenvalue weighted by Crippen LogP contribution is 2.43. The SMILES string of the molecule is CCOc1cc(C)c(-c2nc3ccccc3c(=O)n2N=Cc2cc(OCC)c(OCc3ccc(C(=O)O)cc3)c(Cl)c2Br)cc1C(C)C. The average Bonchev–Trinajstić information content (AvgIpc) is 3.06. The molecule has 5 aromatic rings. The van der Waals surface area contributed by atoms with Crippen molar-refractivity contribution in [1.29, 1.82) is 0 Å². The van der Waals surface area contributed by atoms with Crippen LogP contribution in [0, 0.1) is 6.92 Å². The minimum Gasteiger partial charge on any atom is -0.494 e. The molecule has 1 heterocycles. The Morgan fingerprint density at radius 2 is 1.71 bits per heavy atom. The summed E-state index contributed by atoms with van der Waals surface area (Å²) >= 11 is 10.4. The van der Waals surface area contributed by atoms with Gasteiger partial charge in [-0.3, -0.25) is 4.79 Å². The zero-order valence-corrected chi connectivity index (χ0v) is 29.6. The number of para-hydroxylation sites is 1. The van der Waals surface area contributed by atoms with Crippen LogP contribution in [0.1, 0.15) is 66.2 Å². The molecule has 0 fully saturated rings. The molecule has 9 nitrogen and oxygen atoms in total. The van der Waals surface area contributed by atoms with E-state index in [2.05, 4.69) is 34.9 Å². The van der Waals surface area contributed by atoms with Crippen LogP contribution < -0.4 is 19.8 Å². The van der Waals surface area contributed by atoms with Gasteiger partial charge in [-0.2, -0.15) is 9.78 Å². The second-order valence-electron chi connectivity index (χ2n) is 11.3. The van der Waals surface area contributed by atoms with Crippen molar-refractivity contribution >= 4 is 50.6 Å². The number of hydrogen-bond acceptors (Lipinski definition) is 7. The molecule has 0 spiro atoms. The van der Waals surface area contributed by atoms with E-state index < -0.39 is 5.97 Å². The lowest BCUT2D eigenvalue weighted by molar-refractivity contribution is 0.0697. The minimum atomic E-state index is -1.01. The minimum absolute atomic E-state index is 0.126. The molecule has 0 aliphatic rings. The van der Waals surface area contributed by atoms with Crippen LogP contribution in [0.4, 0.5) is 0 Å². The summed E-state index contributed by atoms with van der Waals surface area (Å²) in [5, 5.41) is 14.5. The van der Waals surface area contributed by atoms with Gasteiger partial charge in [0.2, 0.25) is 0 Å². The first-order valence-electron chi connectivity index (χ1n) is 15.5. The third kappa shape index (κ3) is 7.24. The topological polar surface area (TPSA) is 112 Å². The zero-order valence-electron chi connectivity index (χ0n) is 27.2. The molecular formula is C37H35BrClN3O6. The molecule has 0 aliphatic carbocycles. The number of aryl methyl sites for hydroxylation is 1. The quantitative estimate of drug-likeness (QED) is 0.128. The van der Waals surface area contributed by atoms with Crippen LogP contribution in [0.5, 0.6) is 17.2 Å². The number of fused-ring (bicyclic) bond motifs is 1. The van der Waals surface area contributed by atoms with Gasteiger partial charge in [0, 0.05) is 15.6 Å². The zero-order chi connectivity index (χ0) is 34.5. The lowest BCUT2D eigenvalue weighted by Gasteiger charge is -2.18. The molecule has 48 heavy (non-hydrogen) atoms. The Labute approximate surface area is 291 Å². The number of carboxylic acid groups (broad SMARTS) is 1. The number of carboxylic acids is 1. The molecule has 248 valence electrons. The highest BCUT2D eigenvalue weighted by Gasteiger charge is 2.21. The molecule has 0 radical (unpaired) electrons. The predicted molar refractivity (Wildman–Crippen MR) is 192 cm³/mol. The molecule has 0 saturated carbocycles. The van der Waals surface area contributed by atoms with Crippen molar-refractivity contribution in [3.8, 4) is 28.6 Å². The van der Waals surface area contributed by atoms with Gasteiger partial charge in [-0.25, -0.2) is 9.78 Å². The van der Waals surface area contributed by atoms with Gasteiger partial charge >= 0.3 is 5.97 Å². The maximum atomic E-state index is 14.0. The van der Waals surface area contributed by atoms with E-state index in [1.54, 1.807) is 30.3 Å². The third-order valence-electron chi connectivity index (χ3n) is 7.63. The first-order chi connectivity index (χ1) is 23.0. The van der Waals surface area contributed by atoms with Crippen molar-refractivity contribution in [2.75, 3.05) is 13.2 Å². The standard InChI is InChI=1S/C37H35BrClN3O6/c1-6-46-30-16-22(5)28(18-27(30)21(3)4)35-41-29-11-9-8-10-26(29)36(43)42(35)40-19-25-17-31(47-7-2)34(33(39)32(25)38)48-20-23-12-14-24(15-13-23)37(44)45/h8-19,21H,6-7,20H2,1-5H3,(H,44,45). The van der Waals surface area contributed by atoms with Crippen molar-refractivity contribution in [3.63, 3.8) is 0 Å². The fourth-order valence-corrected chi connectivity index (χ4v) is 5.84. The van der Waals surface area contributed by atoms with E-state index in [4.69, 9.17) is 30.8 Å². The fraction of sp³-hybridized carbons (Fsp3) is 0.243. The lowest BCUT2D eigenvalue weighted by atomic mass is 9.96. The number of benzene rings is 4. The van der Waals surface area contributed by atoms with Crippen molar-refractivity contribution in [2.24, 2.45) is 5.10 Å². The van der Waals surface area contributed by atoms with E-state index >= 15 is 0 Å². The van der Waals surface area contributed by atoms with Crippen molar-refractivity contribution in [2.45, 2.75) is 47.1 Å². The number of nitrogens with zero attached hydrogens (tertiary/aromatic N) is 3. The fourth-order valence-electron chi connectivity index (χ4n) is 5.19. The van der Waals surface area contributed by atoms with Crippen LogP contribution >= 0.6 is 27.5 Å². The smallest absolute Gasteiger partial charge is 0.335 e. The molecule has 11 heteroatoms. The van der Waals surface area contributed by atoms with Crippen LogP contribution in [-0.2, 0) is 6.61 Å². The Morgan fingerprint density at radius 3 is 2.38 bits per heavy atom. The number of aromatic nitrogens is 2. The van der Waals surface area contributed by atoms with Gasteiger partial charge in [-0.1, -0.05) is 49.7 Å². The molecule has 0 bridgehead atoms. The Morgan fingerprint density at radius 1 is 1.02 bits per heavy atom. The van der Waals surface area contributed by atoms with E-state index in [0.29, 0.717) is 51.5 Å². The summed E-state index contributed by atoms with van der Waals surface area (Å²) < 4.78 is 19.7. The number of ether oxygens (including phenoxy) is 3. The number of aromatic carboxylic acids is 1. The molecule has 0 aliphatic heterocycles. The summed E-state index contributed by atoms with van der Waals surface area (Å²) in [6, 6.07) is 19.3. The van der Waals surface area contributed by atoms with Crippen LogP contribution in [-0.4, -0.2) is 40.2 Å². The molecule has 0 unspecified atom stereocenters. The molecular weight excluding hydrogens is 698 g/mol. The van der Waals surface area contributed by atoms with Gasteiger partial charge in [0.05, 0.1) is 35.9 Å². The van der Waals surface area contributed by atoms with Crippen molar-refractivity contribution in [1.82, 2.24) is 9.66 Å². The molecule has 0 amide bonds. The molecule has 1 N–H and O–H groups in total. The normalized spacial score (nSPS) is 11.4. The van der Waals surface area contributed by atoms with E-state index in [1.165, 1.54) is 23.0 Å². The van der Waals surface area contributed by atoms with Gasteiger partial charge in [0.15, 0.2) is 17.3 Å². The highest BCUT2D eigenvalue weighted by molar-refractivity contribution is 9.10. The average molecular weight is 733 g/mol. The first-order valence-corrected chi connectivity index (χ1v) is 16.6. The van der Waals surface area contributed by atoms with Crippen LogP contribution in [0.15, 0.2) is 81.1 Å². The number of halogens is 2. The monoisotopic (exact) mass is 731 g/mol. The molecule has 4 aromatic carbocycles. The van der Waals surface area contributed by atoms with Crippen molar-refractivity contribution in [3.05, 3.63) is 114 Å². The maximum Gasteiger partial charge on any atom is 0.335 e. The molecule has 0 saturated heterocycles. The Hall–Kier alpha value is -4.67. The van der Waals surface area contributed by atoms with E-state index in [0.717, 1.165) is 28.0 Å². The van der Waals surface area contributed by atoms with Gasteiger partial charge in [-0.15, -0.1) is 0 Å². The lowest BCUT2D eigenvalue weighted by Crippen LogP contribution is -2.21. The number of rotatable bonds is 12. The van der Waals surface area contributed by atoms with Gasteiger partial charge in [0.25, 0.3) is 5.56 Å². The summed E-state index contributed by atoms with van der Waals surface area (Å²) in [7, 11) is 0. The highest BCUT2D eigenvalue weighted by atomic mass is 79.9. The van der Waals surface area contributed by atoms with Crippen LogP contribution in [0.3, 0.4) is 0 Å². The summed E-state index contributed by atoms with van der Waals surface area (Å²) in [5.41, 5.74) is 4.35. The molecule has 0 atom stereocenters. The number of hydrogen-bond donors (Lipinski definition) is 1.